The first-order chi connectivity index (χ1) is 13.0. The lowest BCUT2D eigenvalue weighted by Gasteiger charge is -2.28. The standard InChI is InChI=1S/C19H29N3O6/c1-5-6-7-10-15(23)27-12-13(21-18(26)28-19(2,3)4)17(25)22-11-8-9-14(22)16(20)24/h5-7,10,13-14H,8-9,11-12H2,1-4H3,(H2,20,24)(H,21,26). The molecule has 2 unspecified atom stereocenters. The summed E-state index contributed by atoms with van der Waals surface area (Å²) in [6.45, 7) is 6.75. The SMILES string of the molecule is CC=CC=CC(=O)OCC(NC(=O)OC(C)(C)C)C(=O)N1CCCC1C(N)=O. The second kappa shape index (κ2) is 10.5. The van der Waals surface area contributed by atoms with Crippen LogP contribution in [0.3, 0.4) is 0 Å². The van der Waals surface area contributed by atoms with Gasteiger partial charge in [-0.15, -0.1) is 0 Å². The highest BCUT2D eigenvalue weighted by Crippen LogP contribution is 2.18. The topological polar surface area (TPSA) is 128 Å². The maximum atomic E-state index is 12.9. The van der Waals surface area contributed by atoms with Gasteiger partial charge in [0.25, 0.3) is 0 Å². The summed E-state index contributed by atoms with van der Waals surface area (Å²) in [4.78, 5) is 49.6. The van der Waals surface area contributed by atoms with Gasteiger partial charge in [0.15, 0.2) is 0 Å². The molecule has 0 saturated carbocycles. The number of primary amides is 1. The van der Waals surface area contributed by atoms with E-state index in [0.717, 1.165) is 0 Å². The number of likely N-dealkylation sites (tertiary alicyclic amines) is 1. The van der Waals surface area contributed by atoms with Crippen molar-refractivity contribution in [2.24, 2.45) is 5.73 Å². The molecular formula is C19H29N3O6. The average molecular weight is 395 g/mol. The highest BCUT2D eigenvalue weighted by Gasteiger charge is 2.37. The van der Waals surface area contributed by atoms with E-state index in [1.54, 1.807) is 39.8 Å². The summed E-state index contributed by atoms with van der Waals surface area (Å²) in [5, 5.41) is 2.41. The quantitative estimate of drug-likeness (QED) is 0.376. The van der Waals surface area contributed by atoms with Crippen LogP contribution in [-0.4, -0.2) is 59.6 Å². The van der Waals surface area contributed by atoms with Gasteiger partial charge >= 0.3 is 12.1 Å². The zero-order valence-electron chi connectivity index (χ0n) is 16.8. The molecule has 0 aliphatic carbocycles. The molecule has 1 aliphatic rings. The number of carbonyl (C=O) groups excluding carboxylic acids is 4. The van der Waals surface area contributed by atoms with Gasteiger partial charge in [-0.3, -0.25) is 9.59 Å². The molecule has 9 heteroatoms. The van der Waals surface area contributed by atoms with Gasteiger partial charge in [0, 0.05) is 12.6 Å². The molecule has 1 fully saturated rings. The normalized spacial score (nSPS) is 18.3. The maximum absolute atomic E-state index is 12.9. The van der Waals surface area contributed by atoms with E-state index < -0.39 is 48.2 Å². The Hall–Kier alpha value is -2.84. The van der Waals surface area contributed by atoms with Crippen molar-refractivity contribution in [3.05, 3.63) is 24.3 Å². The molecule has 0 aromatic rings. The Labute approximate surface area is 164 Å². The number of ether oxygens (including phenoxy) is 2. The molecule has 9 nitrogen and oxygen atoms in total. The highest BCUT2D eigenvalue weighted by molar-refractivity contribution is 5.91. The molecule has 1 heterocycles. The Balaban J connectivity index is 2.87. The molecule has 0 aromatic carbocycles. The summed E-state index contributed by atoms with van der Waals surface area (Å²) in [7, 11) is 0. The third-order valence-electron chi connectivity index (χ3n) is 3.78. The van der Waals surface area contributed by atoms with Crippen LogP contribution in [0.1, 0.15) is 40.5 Å². The van der Waals surface area contributed by atoms with Gasteiger partial charge in [-0.05, 0) is 40.5 Å². The molecule has 2 atom stereocenters. The number of nitrogens with one attached hydrogen (secondary N) is 1. The third kappa shape index (κ3) is 7.81. The fraction of sp³-hybridized carbons (Fsp3) is 0.579. The number of hydrogen-bond donors (Lipinski definition) is 2. The van der Waals surface area contributed by atoms with Gasteiger partial charge in [0.05, 0.1) is 0 Å². The molecule has 0 aromatic heterocycles. The number of rotatable bonds is 7. The minimum absolute atomic E-state index is 0.327. The molecule has 0 radical (unpaired) electrons. The number of nitrogens with zero attached hydrogens (tertiary/aromatic N) is 1. The molecule has 3 amide bonds. The van der Waals surface area contributed by atoms with Crippen molar-refractivity contribution in [2.75, 3.05) is 13.2 Å². The van der Waals surface area contributed by atoms with Crippen LogP contribution in [0.15, 0.2) is 24.3 Å². The zero-order chi connectivity index (χ0) is 21.3. The second-order valence-electron chi connectivity index (χ2n) is 7.31. The van der Waals surface area contributed by atoms with Crippen LogP contribution in [0.4, 0.5) is 4.79 Å². The zero-order valence-corrected chi connectivity index (χ0v) is 16.8. The van der Waals surface area contributed by atoms with E-state index in [1.807, 2.05) is 0 Å². The number of amides is 3. The Morgan fingerprint density at radius 1 is 1.25 bits per heavy atom. The lowest BCUT2D eigenvalue weighted by molar-refractivity contribution is -0.144. The predicted octanol–water partition coefficient (Wildman–Crippen LogP) is 1.03. The number of hydrogen-bond acceptors (Lipinski definition) is 6. The predicted molar refractivity (Wildman–Crippen MR) is 102 cm³/mol. The van der Waals surface area contributed by atoms with Crippen molar-refractivity contribution in [2.45, 2.75) is 58.2 Å². The van der Waals surface area contributed by atoms with E-state index in [-0.39, 0.29) is 0 Å². The molecule has 28 heavy (non-hydrogen) atoms. The van der Waals surface area contributed by atoms with Gasteiger partial charge in [0.2, 0.25) is 11.8 Å². The second-order valence-corrected chi connectivity index (χ2v) is 7.31. The summed E-state index contributed by atoms with van der Waals surface area (Å²) in [5.74, 6) is -1.85. The smallest absolute Gasteiger partial charge is 0.408 e. The lowest BCUT2D eigenvalue weighted by Crippen LogP contribution is -2.55. The largest absolute Gasteiger partial charge is 0.460 e. The molecule has 1 aliphatic heterocycles. The average Bonchev–Trinajstić information content (AvgIpc) is 3.06. The Morgan fingerprint density at radius 2 is 1.93 bits per heavy atom. The van der Waals surface area contributed by atoms with Crippen LogP contribution in [0.5, 0.6) is 0 Å². The Morgan fingerprint density at radius 3 is 2.50 bits per heavy atom. The van der Waals surface area contributed by atoms with Crippen LogP contribution in [0, 0.1) is 0 Å². The lowest BCUT2D eigenvalue weighted by atomic mass is 10.2. The molecule has 1 rings (SSSR count). The summed E-state index contributed by atoms with van der Waals surface area (Å²) in [6.07, 6.45) is 6.29. The molecule has 0 bridgehead atoms. The summed E-state index contributed by atoms with van der Waals surface area (Å²) in [5.41, 5.74) is 4.58. The maximum Gasteiger partial charge on any atom is 0.408 e. The third-order valence-corrected chi connectivity index (χ3v) is 3.78. The van der Waals surface area contributed by atoms with Crippen LogP contribution in [-0.2, 0) is 23.9 Å². The number of nitrogens with two attached hydrogens (primary N) is 1. The first-order valence-corrected chi connectivity index (χ1v) is 9.10. The molecular weight excluding hydrogens is 366 g/mol. The first kappa shape index (κ1) is 23.2. The monoisotopic (exact) mass is 395 g/mol. The van der Waals surface area contributed by atoms with Crippen LogP contribution in [0.25, 0.3) is 0 Å². The molecule has 1 saturated heterocycles. The van der Waals surface area contributed by atoms with Crippen LogP contribution >= 0.6 is 0 Å². The van der Waals surface area contributed by atoms with Gasteiger partial charge < -0.3 is 25.4 Å². The minimum Gasteiger partial charge on any atom is -0.460 e. The minimum atomic E-state index is -1.20. The molecule has 0 spiro atoms. The molecule has 156 valence electrons. The first-order valence-electron chi connectivity index (χ1n) is 9.10. The van der Waals surface area contributed by atoms with Gasteiger partial charge in [-0.2, -0.15) is 0 Å². The van der Waals surface area contributed by atoms with Crippen molar-refractivity contribution in [1.82, 2.24) is 10.2 Å². The van der Waals surface area contributed by atoms with E-state index >= 15 is 0 Å². The van der Waals surface area contributed by atoms with Crippen molar-refractivity contribution in [3.8, 4) is 0 Å². The van der Waals surface area contributed by atoms with Gasteiger partial charge in [-0.25, -0.2) is 9.59 Å². The van der Waals surface area contributed by atoms with Crippen molar-refractivity contribution in [3.63, 3.8) is 0 Å². The highest BCUT2D eigenvalue weighted by atomic mass is 16.6. The van der Waals surface area contributed by atoms with Crippen molar-refractivity contribution >= 4 is 23.9 Å². The number of carbonyl (C=O) groups is 4. The Kier molecular flexibility index (Phi) is 8.69. The van der Waals surface area contributed by atoms with Crippen molar-refractivity contribution in [1.29, 1.82) is 0 Å². The van der Waals surface area contributed by atoms with E-state index in [4.69, 9.17) is 15.2 Å². The molecule has 3 N–H and O–H groups in total. The van der Waals surface area contributed by atoms with Crippen LogP contribution < -0.4 is 11.1 Å². The summed E-state index contributed by atoms with van der Waals surface area (Å²) < 4.78 is 10.2. The van der Waals surface area contributed by atoms with Gasteiger partial charge in [0.1, 0.15) is 24.3 Å². The number of allylic oxidation sites excluding steroid dienone is 3. The van der Waals surface area contributed by atoms with Crippen molar-refractivity contribution < 1.29 is 28.7 Å². The van der Waals surface area contributed by atoms with E-state index in [1.165, 1.54) is 17.1 Å². The van der Waals surface area contributed by atoms with Crippen LogP contribution in [0.2, 0.25) is 0 Å². The fourth-order valence-corrected chi connectivity index (χ4v) is 2.61. The van der Waals surface area contributed by atoms with E-state index in [2.05, 4.69) is 5.32 Å². The number of esters is 1. The van der Waals surface area contributed by atoms with E-state index in [9.17, 15) is 19.2 Å². The summed E-state index contributed by atoms with van der Waals surface area (Å²) in [6, 6.07) is -1.95. The fourth-order valence-electron chi connectivity index (χ4n) is 2.61. The van der Waals surface area contributed by atoms with Gasteiger partial charge in [-0.1, -0.05) is 18.2 Å². The number of alkyl carbamates (subject to hydrolysis) is 1. The van der Waals surface area contributed by atoms with E-state index in [0.29, 0.717) is 19.4 Å². The summed E-state index contributed by atoms with van der Waals surface area (Å²) >= 11 is 0. The Bertz CT molecular complexity index is 651.